The van der Waals surface area contributed by atoms with E-state index < -0.39 is 17.9 Å². The van der Waals surface area contributed by atoms with Crippen LogP contribution in [0, 0.1) is 0 Å². The predicted octanol–water partition coefficient (Wildman–Crippen LogP) is -1.14. The topological polar surface area (TPSA) is 72.5 Å². The van der Waals surface area contributed by atoms with Gasteiger partial charge in [-0.3, -0.25) is 9.59 Å². The second-order valence-corrected chi connectivity index (χ2v) is 1.87. The Kier molecular flexibility index (Phi) is 3.87. The molecule has 0 radical (unpaired) electrons. The van der Waals surface area contributed by atoms with Crippen LogP contribution in [0.4, 0.5) is 0 Å². The highest BCUT2D eigenvalue weighted by molar-refractivity contribution is 6.24. The monoisotopic (exact) mass is 159 g/mol. The number of hydrogen-bond acceptors (Lipinski definition) is 4. The van der Waals surface area contributed by atoms with Crippen molar-refractivity contribution >= 4 is 18.2 Å². The van der Waals surface area contributed by atoms with Crippen molar-refractivity contribution in [3.63, 3.8) is 0 Å². The van der Waals surface area contributed by atoms with Gasteiger partial charge in [-0.05, 0) is 6.92 Å². The van der Waals surface area contributed by atoms with Crippen LogP contribution < -0.4 is 5.32 Å². The van der Waals surface area contributed by atoms with Crippen molar-refractivity contribution in [1.82, 2.24) is 5.32 Å². The lowest BCUT2D eigenvalue weighted by molar-refractivity contribution is -0.144. The van der Waals surface area contributed by atoms with Gasteiger partial charge in [-0.25, -0.2) is 4.79 Å². The smallest absolute Gasteiger partial charge is 0.328 e. The molecule has 0 saturated heterocycles. The summed E-state index contributed by atoms with van der Waals surface area (Å²) in [6.07, 6.45) is 0.0967. The third-order valence-corrected chi connectivity index (χ3v) is 1.02. The van der Waals surface area contributed by atoms with Crippen LogP contribution in [0.1, 0.15) is 6.92 Å². The highest BCUT2D eigenvalue weighted by Gasteiger charge is 2.14. The lowest BCUT2D eigenvalue weighted by Gasteiger charge is -2.07. The minimum atomic E-state index is -0.831. The van der Waals surface area contributed by atoms with Crippen LogP contribution in [0.5, 0.6) is 0 Å². The Bertz CT molecular complexity index is 177. The lowest BCUT2D eigenvalue weighted by Crippen LogP contribution is -2.39. The Morgan fingerprint density at radius 2 is 2.09 bits per heavy atom. The van der Waals surface area contributed by atoms with Crippen molar-refractivity contribution in [1.29, 1.82) is 0 Å². The van der Waals surface area contributed by atoms with E-state index in [0.29, 0.717) is 0 Å². The van der Waals surface area contributed by atoms with Gasteiger partial charge in [0.05, 0.1) is 7.11 Å². The molecule has 0 aliphatic heterocycles. The molecule has 0 aromatic heterocycles. The summed E-state index contributed by atoms with van der Waals surface area (Å²) in [7, 11) is 1.20. The Morgan fingerprint density at radius 1 is 1.55 bits per heavy atom. The molecule has 0 rings (SSSR count). The summed E-state index contributed by atoms with van der Waals surface area (Å²) in [6.45, 7) is 1.42. The number of amides is 1. The second kappa shape index (κ2) is 4.43. The van der Waals surface area contributed by atoms with E-state index in [9.17, 15) is 14.4 Å². The molecular formula is C6H9NO4. The van der Waals surface area contributed by atoms with E-state index in [1.54, 1.807) is 0 Å². The number of esters is 1. The first kappa shape index (κ1) is 9.61. The quantitative estimate of drug-likeness (QED) is 0.321. The maximum Gasteiger partial charge on any atom is 0.328 e. The largest absolute Gasteiger partial charge is 0.467 e. The zero-order valence-corrected chi connectivity index (χ0v) is 6.29. The van der Waals surface area contributed by atoms with E-state index in [4.69, 9.17) is 0 Å². The van der Waals surface area contributed by atoms with Crippen LogP contribution in [-0.2, 0) is 19.1 Å². The SMILES string of the molecule is COC(=O)C(C)NC(=O)C=O. The summed E-state index contributed by atoms with van der Waals surface area (Å²) in [6, 6.07) is -0.780. The lowest BCUT2D eigenvalue weighted by atomic mass is 10.3. The van der Waals surface area contributed by atoms with Gasteiger partial charge in [-0.2, -0.15) is 0 Å². The molecule has 1 N–H and O–H groups in total. The Hall–Kier alpha value is -1.39. The molecule has 5 heteroatoms. The van der Waals surface area contributed by atoms with Crippen molar-refractivity contribution in [2.45, 2.75) is 13.0 Å². The maximum atomic E-state index is 10.6. The summed E-state index contributed by atoms with van der Waals surface area (Å²) < 4.78 is 4.29. The van der Waals surface area contributed by atoms with Gasteiger partial charge in [-0.1, -0.05) is 0 Å². The minimum Gasteiger partial charge on any atom is -0.467 e. The summed E-state index contributed by atoms with van der Waals surface area (Å²) >= 11 is 0. The fraction of sp³-hybridized carbons (Fsp3) is 0.500. The second-order valence-electron chi connectivity index (χ2n) is 1.87. The Labute approximate surface area is 63.7 Å². The van der Waals surface area contributed by atoms with Gasteiger partial charge >= 0.3 is 5.97 Å². The van der Waals surface area contributed by atoms with Crippen molar-refractivity contribution in [2.24, 2.45) is 0 Å². The zero-order valence-electron chi connectivity index (χ0n) is 6.29. The van der Waals surface area contributed by atoms with Gasteiger partial charge in [0.25, 0.3) is 5.91 Å². The summed E-state index contributed by atoms with van der Waals surface area (Å²) in [5.74, 6) is -1.41. The van der Waals surface area contributed by atoms with Crippen molar-refractivity contribution < 1.29 is 19.1 Å². The molecule has 1 unspecified atom stereocenters. The molecule has 11 heavy (non-hydrogen) atoms. The molecule has 0 spiro atoms. The Morgan fingerprint density at radius 3 is 2.45 bits per heavy atom. The molecule has 1 amide bonds. The molecule has 0 aromatic rings. The first-order valence-corrected chi connectivity index (χ1v) is 2.95. The molecule has 0 heterocycles. The standard InChI is InChI=1S/C6H9NO4/c1-4(6(10)11-2)7-5(9)3-8/h3-4H,1-2H3,(H,7,9). The first-order chi connectivity index (χ1) is 5.11. The number of carbonyl (C=O) groups excluding carboxylic acids is 3. The first-order valence-electron chi connectivity index (χ1n) is 2.95. The number of hydrogen-bond donors (Lipinski definition) is 1. The number of rotatable bonds is 3. The fourth-order valence-electron chi connectivity index (χ4n) is 0.483. The highest BCUT2D eigenvalue weighted by Crippen LogP contribution is 1.83. The van der Waals surface area contributed by atoms with Crippen molar-refractivity contribution in [3.05, 3.63) is 0 Å². The van der Waals surface area contributed by atoms with E-state index in [2.05, 4.69) is 10.1 Å². The number of carbonyl (C=O) groups is 3. The highest BCUT2D eigenvalue weighted by atomic mass is 16.5. The predicted molar refractivity (Wildman–Crippen MR) is 35.7 cm³/mol. The van der Waals surface area contributed by atoms with Crippen LogP contribution in [0.15, 0.2) is 0 Å². The van der Waals surface area contributed by atoms with Gasteiger partial charge in [0.2, 0.25) is 6.29 Å². The maximum absolute atomic E-state index is 10.6. The third kappa shape index (κ3) is 3.34. The minimum absolute atomic E-state index is 0.0967. The van der Waals surface area contributed by atoms with Crippen LogP contribution in [0.3, 0.4) is 0 Å². The molecule has 0 aliphatic rings. The number of nitrogens with one attached hydrogen (secondary N) is 1. The van der Waals surface area contributed by atoms with Gasteiger partial charge < -0.3 is 10.1 Å². The molecule has 0 fully saturated rings. The summed E-state index contributed by atoms with van der Waals surface area (Å²) in [5, 5.41) is 2.10. The Balaban J connectivity index is 3.86. The number of aldehydes is 1. The molecule has 0 aromatic carbocycles. The van der Waals surface area contributed by atoms with E-state index >= 15 is 0 Å². The van der Waals surface area contributed by atoms with Crippen LogP contribution in [-0.4, -0.2) is 31.3 Å². The van der Waals surface area contributed by atoms with E-state index in [0.717, 1.165) is 0 Å². The summed E-state index contributed by atoms with van der Waals surface area (Å²) in [5.41, 5.74) is 0. The normalized spacial score (nSPS) is 11.5. The van der Waals surface area contributed by atoms with Gasteiger partial charge in [0.15, 0.2) is 0 Å². The van der Waals surface area contributed by atoms with Crippen LogP contribution in [0.25, 0.3) is 0 Å². The average molecular weight is 159 g/mol. The summed E-state index contributed by atoms with van der Waals surface area (Å²) in [4.78, 5) is 30.8. The van der Waals surface area contributed by atoms with Gasteiger partial charge in [0, 0.05) is 0 Å². The van der Waals surface area contributed by atoms with E-state index in [-0.39, 0.29) is 6.29 Å². The van der Waals surface area contributed by atoms with Crippen LogP contribution >= 0.6 is 0 Å². The van der Waals surface area contributed by atoms with E-state index in [1.165, 1.54) is 14.0 Å². The molecule has 5 nitrogen and oxygen atoms in total. The van der Waals surface area contributed by atoms with E-state index in [1.807, 2.05) is 0 Å². The fourth-order valence-corrected chi connectivity index (χ4v) is 0.483. The van der Waals surface area contributed by atoms with Gasteiger partial charge in [0.1, 0.15) is 6.04 Å². The van der Waals surface area contributed by atoms with Gasteiger partial charge in [-0.15, -0.1) is 0 Å². The molecular weight excluding hydrogens is 150 g/mol. The molecule has 0 aliphatic carbocycles. The zero-order chi connectivity index (χ0) is 8.85. The molecule has 62 valence electrons. The average Bonchev–Trinajstić information content (AvgIpc) is 2.02. The van der Waals surface area contributed by atoms with Crippen molar-refractivity contribution in [2.75, 3.05) is 7.11 Å². The number of ether oxygens (including phenoxy) is 1. The number of methoxy groups -OCH3 is 1. The molecule has 1 atom stereocenters. The molecule has 0 saturated carbocycles. The van der Waals surface area contributed by atoms with Crippen LogP contribution in [0.2, 0.25) is 0 Å². The third-order valence-electron chi connectivity index (χ3n) is 1.02. The van der Waals surface area contributed by atoms with Crippen molar-refractivity contribution in [3.8, 4) is 0 Å². The molecule has 0 bridgehead atoms.